The third-order valence-corrected chi connectivity index (χ3v) is 4.37. The summed E-state index contributed by atoms with van der Waals surface area (Å²) in [7, 11) is 1.51. The number of amides is 1. The highest BCUT2D eigenvalue weighted by Crippen LogP contribution is 2.39. The Morgan fingerprint density at radius 2 is 1.88 bits per heavy atom. The lowest BCUT2D eigenvalue weighted by Crippen LogP contribution is -2.29. The Morgan fingerprint density at radius 3 is 2.38 bits per heavy atom. The SMILES string of the molecule is CCc1c(C)nc(OC)c(NC(=O)C(C)(C)C)c1C(O)c1ccccc1. The molecule has 140 valence electrons. The van der Waals surface area contributed by atoms with Crippen molar-refractivity contribution in [3.05, 3.63) is 52.7 Å². The molecule has 0 spiro atoms. The van der Waals surface area contributed by atoms with Crippen LogP contribution in [-0.2, 0) is 11.2 Å². The van der Waals surface area contributed by atoms with Gasteiger partial charge in [0.25, 0.3) is 0 Å². The van der Waals surface area contributed by atoms with Crippen molar-refractivity contribution in [3.63, 3.8) is 0 Å². The van der Waals surface area contributed by atoms with E-state index in [0.717, 1.165) is 16.8 Å². The molecule has 2 N–H and O–H groups in total. The fourth-order valence-corrected chi connectivity index (χ4v) is 2.86. The molecule has 1 unspecified atom stereocenters. The van der Waals surface area contributed by atoms with E-state index in [1.54, 1.807) is 0 Å². The van der Waals surface area contributed by atoms with Crippen molar-refractivity contribution in [1.29, 1.82) is 0 Å². The second-order valence-electron chi connectivity index (χ2n) is 7.34. The van der Waals surface area contributed by atoms with E-state index in [9.17, 15) is 9.90 Å². The zero-order valence-electron chi connectivity index (χ0n) is 16.4. The molecule has 0 aliphatic heterocycles. The van der Waals surface area contributed by atoms with E-state index in [4.69, 9.17) is 4.74 Å². The fraction of sp³-hybridized carbons (Fsp3) is 0.429. The molecule has 0 bridgehead atoms. The normalized spacial score (nSPS) is 12.6. The first-order valence-electron chi connectivity index (χ1n) is 8.82. The summed E-state index contributed by atoms with van der Waals surface area (Å²) in [6.45, 7) is 9.41. The molecule has 0 aliphatic rings. The molecule has 26 heavy (non-hydrogen) atoms. The van der Waals surface area contributed by atoms with Gasteiger partial charge in [-0.25, -0.2) is 4.98 Å². The topological polar surface area (TPSA) is 71.5 Å². The number of aliphatic hydroxyl groups excluding tert-OH is 1. The largest absolute Gasteiger partial charge is 0.479 e. The average Bonchev–Trinajstić information content (AvgIpc) is 2.61. The van der Waals surface area contributed by atoms with Crippen molar-refractivity contribution in [2.75, 3.05) is 12.4 Å². The Balaban J connectivity index is 2.69. The van der Waals surface area contributed by atoms with E-state index >= 15 is 0 Å². The van der Waals surface area contributed by atoms with Gasteiger partial charge in [0, 0.05) is 16.7 Å². The summed E-state index contributed by atoms with van der Waals surface area (Å²) in [5.74, 6) is 0.146. The Labute approximate surface area is 155 Å². The third-order valence-electron chi connectivity index (χ3n) is 4.37. The Hall–Kier alpha value is -2.40. The number of carbonyl (C=O) groups is 1. The molecule has 2 rings (SSSR count). The van der Waals surface area contributed by atoms with Crippen LogP contribution in [0.2, 0.25) is 0 Å². The molecule has 0 radical (unpaired) electrons. The number of carbonyl (C=O) groups excluding carboxylic acids is 1. The summed E-state index contributed by atoms with van der Waals surface area (Å²) >= 11 is 0. The maximum Gasteiger partial charge on any atom is 0.238 e. The number of anilines is 1. The van der Waals surface area contributed by atoms with Crippen LogP contribution in [0.25, 0.3) is 0 Å². The minimum atomic E-state index is -0.892. The van der Waals surface area contributed by atoms with Crippen molar-refractivity contribution in [2.45, 2.75) is 47.1 Å². The number of aromatic nitrogens is 1. The van der Waals surface area contributed by atoms with Crippen LogP contribution in [0.5, 0.6) is 5.88 Å². The number of hydrogen-bond donors (Lipinski definition) is 2. The van der Waals surface area contributed by atoms with Crippen LogP contribution in [0.3, 0.4) is 0 Å². The Bertz CT molecular complexity index is 780. The molecule has 2 aromatic rings. The van der Waals surface area contributed by atoms with E-state index in [1.165, 1.54) is 7.11 Å². The van der Waals surface area contributed by atoms with E-state index < -0.39 is 11.5 Å². The van der Waals surface area contributed by atoms with Crippen LogP contribution in [0.1, 0.15) is 56.2 Å². The number of ether oxygens (including phenoxy) is 1. The second kappa shape index (κ2) is 7.87. The predicted octanol–water partition coefficient (Wildman–Crippen LogP) is 4.03. The summed E-state index contributed by atoms with van der Waals surface area (Å²) < 4.78 is 5.43. The van der Waals surface area contributed by atoms with Gasteiger partial charge in [-0.15, -0.1) is 0 Å². The van der Waals surface area contributed by atoms with Crippen LogP contribution in [-0.4, -0.2) is 23.1 Å². The molecule has 5 nitrogen and oxygen atoms in total. The molecular weight excluding hydrogens is 328 g/mol. The highest BCUT2D eigenvalue weighted by Gasteiger charge is 2.29. The van der Waals surface area contributed by atoms with Gasteiger partial charge < -0.3 is 15.2 Å². The number of nitrogens with zero attached hydrogens (tertiary/aromatic N) is 1. The number of aryl methyl sites for hydroxylation is 1. The number of rotatable bonds is 5. The minimum Gasteiger partial charge on any atom is -0.479 e. The summed E-state index contributed by atoms with van der Waals surface area (Å²) in [4.78, 5) is 17.1. The molecule has 5 heteroatoms. The van der Waals surface area contributed by atoms with Gasteiger partial charge in [-0.2, -0.15) is 0 Å². The lowest BCUT2D eigenvalue weighted by molar-refractivity contribution is -0.123. The van der Waals surface area contributed by atoms with Gasteiger partial charge >= 0.3 is 0 Å². The van der Waals surface area contributed by atoms with Gasteiger partial charge in [-0.05, 0) is 24.5 Å². The van der Waals surface area contributed by atoms with E-state index in [1.807, 2.05) is 65.0 Å². The van der Waals surface area contributed by atoms with Crippen LogP contribution >= 0.6 is 0 Å². The van der Waals surface area contributed by atoms with Crippen molar-refractivity contribution in [2.24, 2.45) is 5.41 Å². The zero-order valence-corrected chi connectivity index (χ0v) is 16.4. The number of benzene rings is 1. The first-order valence-corrected chi connectivity index (χ1v) is 8.82. The van der Waals surface area contributed by atoms with Gasteiger partial charge in [0.15, 0.2) is 0 Å². The maximum atomic E-state index is 12.6. The summed E-state index contributed by atoms with van der Waals surface area (Å²) in [6.07, 6.45) is -0.211. The molecule has 0 saturated heterocycles. The van der Waals surface area contributed by atoms with E-state index in [2.05, 4.69) is 10.3 Å². The van der Waals surface area contributed by atoms with Gasteiger partial charge in [0.1, 0.15) is 11.8 Å². The van der Waals surface area contributed by atoms with Crippen LogP contribution in [0.15, 0.2) is 30.3 Å². The van der Waals surface area contributed by atoms with Crippen LogP contribution < -0.4 is 10.1 Å². The maximum absolute atomic E-state index is 12.6. The fourth-order valence-electron chi connectivity index (χ4n) is 2.86. The smallest absolute Gasteiger partial charge is 0.238 e. The second-order valence-corrected chi connectivity index (χ2v) is 7.34. The number of aliphatic hydroxyl groups is 1. The van der Waals surface area contributed by atoms with Gasteiger partial charge in [-0.3, -0.25) is 4.79 Å². The van der Waals surface area contributed by atoms with Crippen molar-refractivity contribution >= 4 is 11.6 Å². The molecule has 1 atom stereocenters. The average molecular weight is 356 g/mol. The molecule has 1 aromatic carbocycles. The summed E-state index contributed by atoms with van der Waals surface area (Å²) in [5.41, 5.74) is 2.93. The van der Waals surface area contributed by atoms with Crippen molar-refractivity contribution < 1.29 is 14.6 Å². The lowest BCUT2D eigenvalue weighted by Gasteiger charge is -2.25. The summed E-state index contributed by atoms with van der Waals surface area (Å²) in [5, 5.41) is 14.0. The number of hydrogen-bond acceptors (Lipinski definition) is 4. The minimum absolute atomic E-state index is 0.162. The summed E-state index contributed by atoms with van der Waals surface area (Å²) in [6, 6.07) is 9.38. The standard InChI is InChI=1S/C21H28N2O3/c1-7-15-13(2)22-19(26-6)17(23-20(25)21(3,4)5)16(15)18(24)14-11-9-8-10-12-14/h8-12,18,24H,7H2,1-6H3,(H,23,25). The first kappa shape index (κ1) is 19.9. The number of methoxy groups -OCH3 is 1. The first-order chi connectivity index (χ1) is 12.2. The molecule has 1 amide bonds. The highest BCUT2D eigenvalue weighted by atomic mass is 16.5. The molecule has 1 heterocycles. The molecule has 0 saturated carbocycles. The number of nitrogens with one attached hydrogen (secondary N) is 1. The van der Waals surface area contributed by atoms with E-state index in [0.29, 0.717) is 23.6 Å². The van der Waals surface area contributed by atoms with Crippen LogP contribution in [0, 0.1) is 12.3 Å². The van der Waals surface area contributed by atoms with E-state index in [-0.39, 0.29) is 5.91 Å². The van der Waals surface area contributed by atoms with Crippen molar-refractivity contribution in [1.82, 2.24) is 4.98 Å². The monoisotopic (exact) mass is 356 g/mol. The van der Waals surface area contributed by atoms with Crippen LogP contribution in [0.4, 0.5) is 5.69 Å². The van der Waals surface area contributed by atoms with Crippen molar-refractivity contribution in [3.8, 4) is 5.88 Å². The number of pyridine rings is 1. The Kier molecular flexibility index (Phi) is 6.03. The predicted molar refractivity (Wildman–Crippen MR) is 103 cm³/mol. The third kappa shape index (κ3) is 4.05. The van der Waals surface area contributed by atoms with Gasteiger partial charge in [0.05, 0.1) is 7.11 Å². The molecular formula is C21H28N2O3. The lowest BCUT2D eigenvalue weighted by atomic mass is 9.91. The Morgan fingerprint density at radius 1 is 1.27 bits per heavy atom. The molecule has 1 aromatic heterocycles. The molecule has 0 aliphatic carbocycles. The quantitative estimate of drug-likeness (QED) is 0.848. The van der Waals surface area contributed by atoms with Gasteiger partial charge in [0.2, 0.25) is 11.8 Å². The molecule has 0 fully saturated rings. The van der Waals surface area contributed by atoms with Gasteiger partial charge in [-0.1, -0.05) is 58.0 Å². The zero-order chi connectivity index (χ0) is 19.5. The highest BCUT2D eigenvalue weighted by molar-refractivity contribution is 5.96.